The van der Waals surface area contributed by atoms with Gasteiger partial charge in [-0.05, 0) is 43.4 Å². The summed E-state index contributed by atoms with van der Waals surface area (Å²) in [6.07, 6.45) is 0. The molecule has 0 saturated carbocycles. The molecule has 4 aromatic rings. The number of aromatic nitrogens is 2. The second-order valence-electron chi connectivity index (χ2n) is 7.77. The average molecular weight is 400 g/mol. The molecule has 3 heterocycles. The van der Waals surface area contributed by atoms with E-state index in [9.17, 15) is 4.79 Å². The highest BCUT2D eigenvalue weighted by Crippen LogP contribution is 2.33. The highest BCUT2D eigenvalue weighted by Gasteiger charge is 2.23. The number of aromatic amines is 1. The number of rotatable bonds is 3. The van der Waals surface area contributed by atoms with Gasteiger partial charge in [0, 0.05) is 48.0 Å². The van der Waals surface area contributed by atoms with E-state index in [-0.39, 0.29) is 5.91 Å². The fourth-order valence-electron chi connectivity index (χ4n) is 4.08. The maximum absolute atomic E-state index is 13.3. The number of ether oxygens (including phenoxy) is 1. The van der Waals surface area contributed by atoms with Crippen molar-refractivity contribution in [1.82, 2.24) is 19.8 Å². The van der Waals surface area contributed by atoms with Crippen LogP contribution in [0.5, 0.6) is 5.75 Å². The van der Waals surface area contributed by atoms with E-state index < -0.39 is 0 Å². The first kappa shape index (κ1) is 18.6. The molecule has 0 spiro atoms. The van der Waals surface area contributed by atoms with Crippen molar-refractivity contribution < 1.29 is 9.53 Å². The number of hydrogen-bond donors (Lipinski definition) is 1. The van der Waals surface area contributed by atoms with Crippen LogP contribution in [-0.2, 0) is 0 Å². The number of piperazine rings is 1. The summed E-state index contributed by atoms with van der Waals surface area (Å²) in [6.45, 7) is 3.21. The van der Waals surface area contributed by atoms with Gasteiger partial charge in [0.1, 0.15) is 11.4 Å². The molecule has 2 aromatic heterocycles. The first-order chi connectivity index (χ1) is 14.6. The van der Waals surface area contributed by atoms with Crippen molar-refractivity contribution in [3.63, 3.8) is 0 Å². The summed E-state index contributed by atoms with van der Waals surface area (Å²) >= 11 is 0. The third-order valence-electron chi connectivity index (χ3n) is 5.87. The first-order valence-corrected chi connectivity index (χ1v) is 10.2. The number of carbonyl (C=O) groups is 1. The van der Waals surface area contributed by atoms with Crippen molar-refractivity contribution in [3.8, 4) is 17.0 Å². The Bertz CT molecular complexity index is 1220. The summed E-state index contributed by atoms with van der Waals surface area (Å²) in [4.78, 5) is 25.8. The Balaban J connectivity index is 1.67. The number of fused-ring (bicyclic) bond motifs is 3. The number of benzene rings is 2. The number of para-hydroxylation sites is 1. The highest BCUT2D eigenvalue weighted by atomic mass is 16.5. The van der Waals surface area contributed by atoms with E-state index in [1.807, 2.05) is 47.4 Å². The number of nitrogens with zero attached hydrogens (tertiary/aromatic N) is 3. The van der Waals surface area contributed by atoms with Gasteiger partial charge in [0.25, 0.3) is 5.91 Å². The third kappa shape index (κ3) is 3.19. The molecule has 1 aliphatic heterocycles. The van der Waals surface area contributed by atoms with E-state index in [1.165, 1.54) is 0 Å². The van der Waals surface area contributed by atoms with Crippen LogP contribution in [0, 0.1) is 0 Å². The lowest BCUT2D eigenvalue weighted by atomic mass is 10.1. The quantitative estimate of drug-likeness (QED) is 0.569. The Kier molecular flexibility index (Phi) is 4.64. The Morgan fingerprint density at radius 2 is 1.73 bits per heavy atom. The molecule has 0 radical (unpaired) electrons. The monoisotopic (exact) mass is 400 g/mol. The van der Waals surface area contributed by atoms with E-state index in [0.717, 1.165) is 65.0 Å². The summed E-state index contributed by atoms with van der Waals surface area (Å²) in [5, 5.41) is 2.11. The Morgan fingerprint density at radius 3 is 2.47 bits per heavy atom. The van der Waals surface area contributed by atoms with Gasteiger partial charge in [-0.2, -0.15) is 0 Å². The van der Waals surface area contributed by atoms with E-state index in [2.05, 4.69) is 29.1 Å². The number of hydrogen-bond acceptors (Lipinski definition) is 4. The molecule has 30 heavy (non-hydrogen) atoms. The molecule has 1 amide bonds. The lowest BCUT2D eigenvalue weighted by Gasteiger charge is -2.32. The largest absolute Gasteiger partial charge is 0.497 e. The highest BCUT2D eigenvalue weighted by molar-refractivity contribution is 6.13. The minimum Gasteiger partial charge on any atom is -0.497 e. The normalized spacial score (nSPS) is 15.1. The van der Waals surface area contributed by atoms with Crippen LogP contribution in [0.3, 0.4) is 0 Å². The van der Waals surface area contributed by atoms with E-state index in [1.54, 1.807) is 7.11 Å². The van der Waals surface area contributed by atoms with Crippen LogP contribution in [0.15, 0.2) is 54.6 Å². The number of methoxy groups -OCH3 is 1. The second-order valence-corrected chi connectivity index (χ2v) is 7.77. The summed E-state index contributed by atoms with van der Waals surface area (Å²) in [7, 11) is 3.73. The lowest BCUT2D eigenvalue weighted by Crippen LogP contribution is -2.47. The van der Waals surface area contributed by atoms with Gasteiger partial charge in [-0.25, -0.2) is 4.98 Å². The Hall–Kier alpha value is -3.38. The van der Waals surface area contributed by atoms with Crippen LogP contribution in [0.4, 0.5) is 0 Å². The summed E-state index contributed by atoms with van der Waals surface area (Å²) in [5.41, 5.74) is 4.19. The molecule has 1 fully saturated rings. The molecule has 1 aliphatic rings. The van der Waals surface area contributed by atoms with Gasteiger partial charge in [0.15, 0.2) is 0 Å². The number of nitrogens with one attached hydrogen (secondary N) is 1. The summed E-state index contributed by atoms with van der Waals surface area (Å²) in [5.74, 6) is 0.779. The Morgan fingerprint density at radius 1 is 1.00 bits per heavy atom. The van der Waals surface area contributed by atoms with Crippen molar-refractivity contribution in [1.29, 1.82) is 0 Å². The van der Waals surface area contributed by atoms with Gasteiger partial charge in [-0.1, -0.05) is 18.2 Å². The molecule has 6 heteroatoms. The van der Waals surface area contributed by atoms with Gasteiger partial charge in [0.2, 0.25) is 0 Å². The molecule has 5 rings (SSSR count). The topological polar surface area (TPSA) is 61.5 Å². The Labute approximate surface area is 175 Å². The summed E-state index contributed by atoms with van der Waals surface area (Å²) in [6, 6.07) is 17.9. The van der Waals surface area contributed by atoms with Gasteiger partial charge in [-0.15, -0.1) is 0 Å². The lowest BCUT2D eigenvalue weighted by molar-refractivity contribution is 0.0658. The molecule has 2 aromatic carbocycles. The van der Waals surface area contributed by atoms with Crippen LogP contribution in [0.1, 0.15) is 10.5 Å². The first-order valence-electron chi connectivity index (χ1n) is 10.2. The fourth-order valence-corrected chi connectivity index (χ4v) is 4.08. The van der Waals surface area contributed by atoms with Crippen molar-refractivity contribution in [2.24, 2.45) is 0 Å². The SMILES string of the molecule is COc1ccc(-c2nc(C(=O)N3CCN(C)CC3)cc3c2[nH]c2ccccc23)cc1. The minimum atomic E-state index is -0.00922. The van der Waals surface area contributed by atoms with Crippen molar-refractivity contribution >= 4 is 27.7 Å². The molecule has 0 bridgehead atoms. The fraction of sp³-hybridized carbons (Fsp3) is 0.250. The molecule has 1 saturated heterocycles. The standard InChI is InChI=1S/C24H24N4O2/c1-27-11-13-28(14-12-27)24(29)21-15-19-18-5-3-4-6-20(18)25-23(19)22(26-21)16-7-9-17(30-2)10-8-16/h3-10,15,25H,11-14H2,1-2H3. The maximum Gasteiger partial charge on any atom is 0.272 e. The predicted octanol–water partition coefficient (Wildman–Crippen LogP) is 3.78. The second kappa shape index (κ2) is 7.46. The zero-order valence-corrected chi connectivity index (χ0v) is 17.2. The van der Waals surface area contributed by atoms with Crippen LogP contribution < -0.4 is 4.74 Å². The predicted molar refractivity (Wildman–Crippen MR) is 119 cm³/mol. The molecule has 0 aliphatic carbocycles. The number of pyridine rings is 1. The van der Waals surface area contributed by atoms with Crippen LogP contribution in [-0.4, -0.2) is 66.0 Å². The number of H-pyrrole nitrogens is 1. The maximum atomic E-state index is 13.3. The molecular formula is C24H24N4O2. The summed E-state index contributed by atoms with van der Waals surface area (Å²) < 4.78 is 5.30. The van der Waals surface area contributed by atoms with Crippen molar-refractivity contribution in [2.45, 2.75) is 0 Å². The average Bonchev–Trinajstić information content (AvgIpc) is 3.17. The molecule has 0 atom stereocenters. The van der Waals surface area contributed by atoms with Gasteiger partial charge < -0.3 is 19.5 Å². The van der Waals surface area contributed by atoms with Gasteiger partial charge in [0.05, 0.1) is 18.3 Å². The number of likely N-dealkylation sites (N-methyl/N-ethyl adjacent to an activating group) is 1. The van der Waals surface area contributed by atoms with E-state index in [4.69, 9.17) is 9.72 Å². The molecule has 6 nitrogen and oxygen atoms in total. The van der Waals surface area contributed by atoms with Crippen LogP contribution in [0.2, 0.25) is 0 Å². The molecule has 152 valence electrons. The van der Waals surface area contributed by atoms with Gasteiger partial charge in [-0.3, -0.25) is 4.79 Å². The molecule has 1 N–H and O–H groups in total. The van der Waals surface area contributed by atoms with Gasteiger partial charge >= 0.3 is 0 Å². The van der Waals surface area contributed by atoms with Crippen molar-refractivity contribution in [3.05, 3.63) is 60.3 Å². The smallest absolute Gasteiger partial charge is 0.272 e. The number of amides is 1. The van der Waals surface area contributed by atoms with Crippen molar-refractivity contribution in [2.75, 3.05) is 40.3 Å². The zero-order valence-electron chi connectivity index (χ0n) is 17.2. The van der Waals surface area contributed by atoms with E-state index in [0.29, 0.717) is 5.69 Å². The number of carbonyl (C=O) groups excluding carboxylic acids is 1. The molecular weight excluding hydrogens is 376 g/mol. The zero-order chi connectivity index (χ0) is 20.7. The van der Waals surface area contributed by atoms with E-state index >= 15 is 0 Å². The van der Waals surface area contributed by atoms with Crippen LogP contribution >= 0.6 is 0 Å². The minimum absolute atomic E-state index is 0.00922. The van der Waals surface area contributed by atoms with Crippen LogP contribution in [0.25, 0.3) is 33.1 Å². The molecule has 0 unspecified atom stereocenters. The third-order valence-corrected chi connectivity index (χ3v) is 5.87.